The summed E-state index contributed by atoms with van der Waals surface area (Å²) in [6.45, 7) is -0.307. The van der Waals surface area contributed by atoms with Gasteiger partial charge in [0.05, 0.1) is 35.1 Å². The van der Waals surface area contributed by atoms with Crippen molar-refractivity contribution in [1.29, 1.82) is 0 Å². The zero-order chi connectivity index (χ0) is 28.2. The van der Waals surface area contributed by atoms with Crippen LogP contribution in [-0.2, 0) is 22.6 Å². The number of aryl methyl sites for hydroxylation is 1. The van der Waals surface area contributed by atoms with E-state index in [4.69, 9.17) is 28.3 Å². The first-order valence-electron chi connectivity index (χ1n) is 11.9. The van der Waals surface area contributed by atoms with Crippen LogP contribution in [0.5, 0.6) is 0 Å². The van der Waals surface area contributed by atoms with Gasteiger partial charge in [-0.25, -0.2) is 9.67 Å². The van der Waals surface area contributed by atoms with Gasteiger partial charge < -0.3 is 10.4 Å². The molecule has 0 unspecified atom stereocenters. The van der Waals surface area contributed by atoms with E-state index in [0.29, 0.717) is 39.8 Å². The van der Waals surface area contributed by atoms with Gasteiger partial charge in [0.25, 0.3) is 5.56 Å². The van der Waals surface area contributed by atoms with Gasteiger partial charge in [0.2, 0.25) is 5.91 Å². The Morgan fingerprint density at radius 2 is 1.85 bits per heavy atom. The van der Waals surface area contributed by atoms with Crippen LogP contribution >= 0.6 is 23.2 Å². The van der Waals surface area contributed by atoms with E-state index in [1.807, 2.05) is 12.1 Å². The predicted octanol–water partition coefficient (Wildman–Crippen LogP) is 3.64. The molecule has 0 saturated carbocycles. The second-order valence-electron chi connectivity index (χ2n) is 8.63. The smallest absolute Gasteiger partial charge is 0.325 e. The Hall–Kier alpha value is -4.81. The minimum atomic E-state index is -1.04. The van der Waals surface area contributed by atoms with Crippen LogP contribution in [0.2, 0.25) is 10.2 Å². The minimum Gasteiger partial charge on any atom is -0.480 e. The van der Waals surface area contributed by atoms with Crippen LogP contribution in [0.3, 0.4) is 0 Å². The molecule has 0 saturated heterocycles. The molecule has 0 aliphatic carbocycles. The largest absolute Gasteiger partial charge is 0.480 e. The van der Waals surface area contributed by atoms with Crippen molar-refractivity contribution < 1.29 is 14.7 Å². The number of rotatable bonds is 9. The number of carboxylic acid groups (broad SMARTS) is 1. The van der Waals surface area contributed by atoms with Gasteiger partial charge in [0.1, 0.15) is 12.9 Å². The fraction of sp³-hybridized carbons (Fsp3) is 0.115. The van der Waals surface area contributed by atoms with Crippen molar-refractivity contribution in [2.24, 2.45) is 0 Å². The molecular weight excluding hydrogens is 559 g/mol. The highest BCUT2D eigenvalue weighted by molar-refractivity contribution is 6.31. The van der Waals surface area contributed by atoms with Crippen LogP contribution in [0.25, 0.3) is 22.6 Å². The van der Waals surface area contributed by atoms with Crippen LogP contribution in [0.1, 0.15) is 12.0 Å². The van der Waals surface area contributed by atoms with Crippen molar-refractivity contribution in [3.8, 4) is 22.6 Å². The minimum absolute atomic E-state index is 0.119. The SMILES string of the molecule is O=C(O)Cn1cc(NC(=O)CCc2ccccc2-n2cnc(-c3cc(Cl)ccc3-n3cc(Cl)nn3)cc2=O)cn1. The summed E-state index contributed by atoms with van der Waals surface area (Å²) in [4.78, 5) is 41.1. The van der Waals surface area contributed by atoms with Crippen molar-refractivity contribution >= 4 is 40.8 Å². The van der Waals surface area contributed by atoms with Crippen LogP contribution in [0.15, 0.2) is 78.2 Å². The summed E-state index contributed by atoms with van der Waals surface area (Å²) in [5, 5.41) is 23.9. The van der Waals surface area contributed by atoms with Gasteiger partial charge in [0, 0.05) is 29.3 Å². The van der Waals surface area contributed by atoms with E-state index in [1.165, 1.54) is 44.9 Å². The Morgan fingerprint density at radius 3 is 2.60 bits per heavy atom. The average Bonchev–Trinajstić information content (AvgIpc) is 3.55. The van der Waals surface area contributed by atoms with Gasteiger partial charge in [-0.15, -0.1) is 5.10 Å². The van der Waals surface area contributed by atoms with E-state index >= 15 is 0 Å². The number of carbonyl (C=O) groups excluding carboxylic acids is 1. The predicted molar refractivity (Wildman–Crippen MR) is 147 cm³/mol. The molecule has 0 fully saturated rings. The Kier molecular flexibility index (Phi) is 7.71. The first-order valence-corrected chi connectivity index (χ1v) is 12.6. The quantitative estimate of drug-likeness (QED) is 0.269. The number of para-hydroxylation sites is 1. The lowest BCUT2D eigenvalue weighted by Gasteiger charge is -2.13. The number of hydrogen-bond donors (Lipinski definition) is 2. The standard InChI is InChI=1S/C26H20Cl2N8O4/c27-17-6-7-22(36-13-23(28)32-33-36)19(9-17)20-10-25(38)35(15-29-20)21-4-2-1-3-16(21)5-8-24(37)31-18-11-30-34(12-18)14-26(39)40/h1-4,6-7,9-13,15H,5,8,14H2,(H,31,37)(H,39,40). The number of hydrogen-bond acceptors (Lipinski definition) is 7. The van der Waals surface area contributed by atoms with Gasteiger partial charge >= 0.3 is 5.97 Å². The van der Waals surface area contributed by atoms with E-state index in [1.54, 1.807) is 30.3 Å². The second-order valence-corrected chi connectivity index (χ2v) is 9.45. The highest BCUT2D eigenvalue weighted by Gasteiger charge is 2.15. The van der Waals surface area contributed by atoms with Crippen molar-refractivity contribution in [3.63, 3.8) is 0 Å². The third-order valence-electron chi connectivity index (χ3n) is 5.84. The number of aliphatic carboxylic acids is 1. The number of carbonyl (C=O) groups is 2. The van der Waals surface area contributed by atoms with E-state index in [9.17, 15) is 14.4 Å². The Labute approximate surface area is 236 Å². The van der Waals surface area contributed by atoms with Crippen molar-refractivity contribution in [2.45, 2.75) is 19.4 Å². The molecule has 2 aromatic carbocycles. The maximum Gasteiger partial charge on any atom is 0.325 e. The Morgan fingerprint density at radius 1 is 1.02 bits per heavy atom. The molecule has 14 heteroatoms. The van der Waals surface area contributed by atoms with E-state index in [0.717, 1.165) is 5.56 Å². The Bertz CT molecular complexity index is 1780. The topological polar surface area (TPSA) is 150 Å². The van der Waals surface area contributed by atoms with Gasteiger partial charge in [0.15, 0.2) is 5.15 Å². The zero-order valence-electron chi connectivity index (χ0n) is 20.6. The fourth-order valence-corrected chi connectivity index (χ4v) is 4.38. The normalized spacial score (nSPS) is 10.9. The van der Waals surface area contributed by atoms with Crippen LogP contribution in [0, 0.1) is 0 Å². The molecule has 5 rings (SSSR count). The monoisotopic (exact) mass is 578 g/mol. The van der Waals surface area contributed by atoms with Gasteiger partial charge in [-0.2, -0.15) is 5.10 Å². The van der Waals surface area contributed by atoms with Crippen molar-refractivity contribution in [1.82, 2.24) is 34.3 Å². The lowest BCUT2D eigenvalue weighted by Crippen LogP contribution is -2.20. The highest BCUT2D eigenvalue weighted by atomic mass is 35.5. The fourth-order valence-electron chi connectivity index (χ4n) is 4.09. The summed E-state index contributed by atoms with van der Waals surface area (Å²) in [6, 6.07) is 13.7. The molecule has 40 heavy (non-hydrogen) atoms. The molecule has 5 aromatic rings. The molecule has 0 aliphatic rings. The Balaban J connectivity index is 1.36. The van der Waals surface area contributed by atoms with Crippen LogP contribution < -0.4 is 10.9 Å². The number of nitrogens with one attached hydrogen (secondary N) is 1. The molecule has 202 valence electrons. The first kappa shape index (κ1) is 26.8. The summed E-state index contributed by atoms with van der Waals surface area (Å²) in [7, 11) is 0. The maximum absolute atomic E-state index is 13.3. The molecule has 1 amide bonds. The lowest BCUT2D eigenvalue weighted by atomic mass is 10.1. The maximum atomic E-state index is 13.3. The number of halogens is 2. The van der Waals surface area contributed by atoms with E-state index in [-0.39, 0.29) is 29.6 Å². The number of amides is 1. The molecule has 0 radical (unpaired) electrons. The summed E-state index contributed by atoms with van der Waals surface area (Å²) in [5.41, 5.74) is 2.94. The summed E-state index contributed by atoms with van der Waals surface area (Å²) in [6.07, 6.45) is 6.23. The van der Waals surface area contributed by atoms with Crippen LogP contribution in [-0.4, -0.2) is 51.3 Å². The number of aromatic nitrogens is 7. The van der Waals surface area contributed by atoms with Crippen molar-refractivity contribution in [2.75, 3.05) is 5.32 Å². The summed E-state index contributed by atoms with van der Waals surface area (Å²) < 4.78 is 4.09. The second kappa shape index (κ2) is 11.5. The third kappa shape index (κ3) is 6.08. The molecule has 0 atom stereocenters. The van der Waals surface area contributed by atoms with Gasteiger partial charge in [-0.1, -0.05) is 46.6 Å². The number of nitrogens with zero attached hydrogens (tertiary/aromatic N) is 7. The zero-order valence-corrected chi connectivity index (χ0v) is 22.1. The van der Waals surface area contributed by atoms with E-state index in [2.05, 4.69) is 25.7 Å². The number of benzene rings is 2. The number of carboxylic acids is 1. The molecule has 3 aromatic heterocycles. The van der Waals surface area contributed by atoms with Gasteiger partial charge in [-0.3, -0.25) is 23.6 Å². The summed E-state index contributed by atoms with van der Waals surface area (Å²) >= 11 is 12.2. The lowest BCUT2D eigenvalue weighted by molar-refractivity contribution is -0.137. The molecule has 3 heterocycles. The molecular formula is C26H20Cl2N8O4. The molecule has 0 aliphatic heterocycles. The van der Waals surface area contributed by atoms with E-state index < -0.39 is 5.97 Å². The highest BCUT2D eigenvalue weighted by Crippen LogP contribution is 2.28. The first-order chi connectivity index (χ1) is 19.3. The van der Waals surface area contributed by atoms with Crippen LogP contribution in [0.4, 0.5) is 5.69 Å². The third-order valence-corrected chi connectivity index (χ3v) is 6.25. The number of anilines is 1. The molecule has 12 nitrogen and oxygen atoms in total. The van der Waals surface area contributed by atoms with Gasteiger partial charge in [-0.05, 0) is 36.2 Å². The van der Waals surface area contributed by atoms with Crippen molar-refractivity contribution in [3.05, 3.63) is 99.5 Å². The summed E-state index contributed by atoms with van der Waals surface area (Å²) in [5.74, 6) is -1.32. The molecule has 0 spiro atoms. The molecule has 0 bridgehead atoms. The molecule has 2 N–H and O–H groups in total. The average molecular weight is 579 g/mol.